The van der Waals surface area contributed by atoms with Crippen LogP contribution in [0.1, 0.15) is 16.8 Å². The van der Waals surface area contributed by atoms with Gasteiger partial charge in [0.1, 0.15) is 18.0 Å². The van der Waals surface area contributed by atoms with Crippen molar-refractivity contribution in [2.45, 2.75) is 13.5 Å². The van der Waals surface area contributed by atoms with Gasteiger partial charge in [0.15, 0.2) is 0 Å². The highest BCUT2D eigenvalue weighted by molar-refractivity contribution is 5.58. The van der Waals surface area contributed by atoms with Gasteiger partial charge in [-0.1, -0.05) is 11.2 Å². The highest BCUT2D eigenvalue weighted by Crippen LogP contribution is 2.17. The van der Waals surface area contributed by atoms with E-state index in [2.05, 4.69) is 16.5 Å². The molecule has 4 nitrogen and oxygen atoms in total. The number of nitriles is 1. The van der Waals surface area contributed by atoms with Gasteiger partial charge < -0.3 is 9.84 Å². The fraction of sp³-hybridized carbons (Fsp3) is 0.167. The van der Waals surface area contributed by atoms with Gasteiger partial charge in [0.2, 0.25) is 0 Å². The van der Waals surface area contributed by atoms with Gasteiger partial charge in [0.05, 0.1) is 17.8 Å². The van der Waals surface area contributed by atoms with Crippen molar-refractivity contribution in [3.8, 4) is 6.07 Å². The average Bonchev–Trinajstić information content (AvgIpc) is 2.79. The third-order valence-electron chi connectivity index (χ3n) is 2.25. The molecule has 4 heteroatoms. The van der Waals surface area contributed by atoms with E-state index in [0.717, 1.165) is 16.9 Å². The molecule has 1 N–H and O–H groups in total. The van der Waals surface area contributed by atoms with E-state index in [4.69, 9.17) is 9.78 Å². The summed E-state index contributed by atoms with van der Waals surface area (Å²) >= 11 is 0. The second-order valence-corrected chi connectivity index (χ2v) is 3.51. The molecule has 0 bridgehead atoms. The second kappa shape index (κ2) is 4.49. The first-order valence-corrected chi connectivity index (χ1v) is 4.93. The fourth-order valence-electron chi connectivity index (χ4n) is 1.42. The lowest BCUT2D eigenvalue weighted by molar-refractivity contribution is 0.412. The molecule has 0 aliphatic carbocycles. The summed E-state index contributed by atoms with van der Waals surface area (Å²) in [6.45, 7) is 2.54. The minimum absolute atomic E-state index is 0.550. The first-order valence-electron chi connectivity index (χ1n) is 4.93. The minimum atomic E-state index is 0.550. The molecule has 0 unspecified atom stereocenters. The fourth-order valence-corrected chi connectivity index (χ4v) is 1.42. The van der Waals surface area contributed by atoms with E-state index in [1.807, 2.05) is 19.1 Å². The average molecular weight is 213 g/mol. The molecule has 2 rings (SSSR count). The van der Waals surface area contributed by atoms with Gasteiger partial charge in [-0.2, -0.15) is 5.26 Å². The first-order chi connectivity index (χ1) is 7.79. The monoisotopic (exact) mass is 213 g/mol. The van der Waals surface area contributed by atoms with Crippen molar-refractivity contribution < 1.29 is 4.52 Å². The third kappa shape index (κ3) is 2.20. The minimum Gasteiger partial charge on any atom is -0.378 e. The van der Waals surface area contributed by atoms with E-state index in [1.165, 1.54) is 6.26 Å². The lowest BCUT2D eigenvalue weighted by atomic mass is 10.1. The molecule has 1 aromatic heterocycles. The zero-order valence-corrected chi connectivity index (χ0v) is 8.90. The maximum Gasteiger partial charge on any atom is 0.124 e. The Balaban J connectivity index is 2.15. The van der Waals surface area contributed by atoms with Crippen LogP contribution < -0.4 is 5.32 Å². The number of nitrogens with one attached hydrogen (secondary N) is 1. The predicted octanol–water partition coefficient (Wildman–Crippen LogP) is 2.47. The van der Waals surface area contributed by atoms with E-state index < -0.39 is 0 Å². The number of aryl methyl sites for hydroxylation is 1. The highest BCUT2D eigenvalue weighted by atomic mass is 16.5. The Labute approximate surface area is 93.5 Å². The molecule has 2 aromatic rings. The molecule has 0 atom stereocenters. The van der Waals surface area contributed by atoms with Crippen molar-refractivity contribution in [3.63, 3.8) is 0 Å². The quantitative estimate of drug-likeness (QED) is 0.850. The Kier molecular flexibility index (Phi) is 2.88. The number of anilines is 1. The van der Waals surface area contributed by atoms with Gasteiger partial charge in [-0.15, -0.1) is 0 Å². The van der Waals surface area contributed by atoms with E-state index in [9.17, 15) is 0 Å². The van der Waals surface area contributed by atoms with Crippen molar-refractivity contribution in [2.75, 3.05) is 5.32 Å². The van der Waals surface area contributed by atoms with Gasteiger partial charge in [0, 0.05) is 6.07 Å². The van der Waals surface area contributed by atoms with Crippen molar-refractivity contribution in [2.24, 2.45) is 0 Å². The van der Waals surface area contributed by atoms with Crippen LogP contribution in [0.2, 0.25) is 0 Å². The second-order valence-electron chi connectivity index (χ2n) is 3.51. The SMILES string of the molecule is Cc1ccc(C#N)c(NCc2ccon2)c1. The molecular formula is C12H11N3O. The van der Waals surface area contributed by atoms with Crippen LogP contribution in [0, 0.1) is 18.3 Å². The van der Waals surface area contributed by atoms with Gasteiger partial charge in [-0.05, 0) is 24.6 Å². The smallest absolute Gasteiger partial charge is 0.124 e. The van der Waals surface area contributed by atoms with Crippen LogP contribution in [0.3, 0.4) is 0 Å². The molecule has 0 aliphatic rings. The number of nitrogens with zero attached hydrogens (tertiary/aromatic N) is 2. The molecule has 0 radical (unpaired) electrons. The van der Waals surface area contributed by atoms with E-state index in [1.54, 1.807) is 12.1 Å². The molecule has 0 spiro atoms. The number of hydrogen-bond donors (Lipinski definition) is 1. The van der Waals surface area contributed by atoms with Gasteiger partial charge in [-0.3, -0.25) is 0 Å². The van der Waals surface area contributed by atoms with Gasteiger partial charge in [-0.25, -0.2) is 0 Å². The van der Waals surface area contributed by atoms with Crippen molar-refractivity contribution in [3.05, 3.63) is 47.3 Å². The van der Waals surface area contributed by atoms with Crippen LogP contribution in [-0.2, 0) is 6.54 Å². The van der Waals surface area contributed by atoms with Crippen molar-refractivity contribution >= 4 is 5.69 Å². The maximum absolute atomic E-state index is 8.94. The van der Waals surface area contributed by atoms with Crippen LogP contribution >= 0.6 is 0 Å². The third-order valence-corrected chi connectivity index (χ3v) is 2.25. The van der Waals surface area contributed by atoms with Crippen LogP contribution in [0.25, 0.3) is 0 Å². The number of rotatable bonds is 3. The number of benzene rings is 1. The zero-order valence-electron chi connectivity index (χ0n) is 8.90. The summed E-state index contributed by atoms with van der Waals surface area (Å²) in [5.41, 5.74) is 3.38. The van der Waals surface area contributed by atoms with Crippen LogP contribution in [0.15, 0.2) is 35.1 Å². The van der Waals surface area contributed by atoms with Crippen molar-refractivity contribution in [1.82, 2.24) is 5.16 Å². The first kappa shape index (κ1) is 10.2. The van der Waals surface area contributed by atoms with E-state index >= 15 is 0 Å². The molecule has 0 aliphatic heterocycles. The summed E-state index contributed by atoms with van der Waals surface area (Å²) in [5.74, 6) is 0. The Morgan fingerprint density at radius 3 is 3.00 bits per heavy atom. The van der Waals surface area contributed by atoms with E-state index in [-0.39, 0.29) is 0 Å². The molecule has 16 heavy (non-hydrogen) atoms. The summed E-state index contributed by atoms with van der Waals surface area (Å²) < 4.78 is 4.73. The predicted molar refractivity (Wildman–Crippen MR) is 59.7 cm³/mol. The maximum atomic E-state index is 8.94. The lowest BCUT2D eigenvalue weighted by Crippen LogP contribution is -2.01. The molecule has 80 valence electrons. The van der Waals surface area contributed by atoms with Crippen LogP contribution in [-0.4, -0.2) is 5.16 Å². The van der Waals surface area contributed by atoms with Crippen LogP contribution in [0.5, 0.6) is 0 Å². The molecule has 0 fully saturated rings. The Hall–Kier alpha value is -2.28. The number of hydrogen-bond acceptors (Lipinski definition) is 4. The Bertz CT molecular complexity index is 512. The molecule has 0 saturated heterocycles. The van der Waals surface area contributed by atoms with Crippen LogP contribution in [0.4, 0.5) is 5.69 Å². The normalized spacial score (nSPS) is 9.75. The summed E-state index contributed by atoms with van der Waals surface area (Å²) in [6.07, 6.45) is 1.53. The van der Waals surface area contributed by atoms with Gasteiger partial charge >= 0.3 is 0 Å². The summed E-state index contributed by atoms with van der Waals surface area (Å²) in [7, 11) is 0. The van der Waals surface area contributed by atoms with Crippen molar-refractivity contribution in [1.29, 1.82) is 5.26 Å². The molecular weight excluding hydrogens is 202 g/mol. The molecule has 1 aromatic carbocycles. The van der Waals surface area contributed by atoms with E-state index in [0.29, 0.717) is 12.1 Å². The Morgan fingerprint density at radius 2 is 2.31 bits per heavy atom. The standard InChI is InChI=1S/C12H11N3O/c1-9-2-3-10(7-13)12(6-9)14-8-11-4-5-16-15-11/h2-6,14H,8H2,1H3. The summed E-state index contributed by atoms with van der Waals surface area (Å²) in [4.78, 5) is 0. The molecule has 1 heterocycles. The summed E-state index contributed by atoms with van der Waals surface area (Å²) in [6, 6.07) is 9.60. The highest BCUT2D eigenvalue weighted by Gasteiger charge is 2.02. The summed E-state index contributed by atoms with van der Waals surface area (Å²) in [5, 5.41) is 15.9. The van der Waals surface area contributed by atoms with Gasteiger partial charge in [0.25, 0.3) is 0 Å². The number of aromatic nitrogens is 1. The Morgan fingerprint density at radius 1 is 1.44 bits per heavy atom. The topological polar surface area (TPSA) is 61.9 Å². The zero-order chi connectivity index (χ0) is 11.4. The lowest BCUT2D eigenvalue weighted by Gasteiger charge is -2.07. The molecule has 0 amide bonds. The molecule has 0 saturated carbocycles. The largest absolute Gasteiger partial charge is 0.378 e.